The predicted molar refractivity (Wildman–Crippen MR) is 68.8 cm³/mol. The quantitative estimate of drug-likeness (QED) is 0.876. The Morgan fingerprint density at radius 1 is 1.38 bits per heavy atom. The van der Waals surface area contributed by atoms with Crippen LogP contribution in [0.15, 0.2) is 36.0 Å². The molecular formula is C13H16N2S. The number of aromatic nitrogens is 1. The number of nitrogens with one attached hydrogen (secondary N) is 1. The lowest BCUT2D eigenvalue weighted by molar-refractivity contribution is 0.635. The lowest BCUT2D eigenvalue weighted by Gasteiger charge is -2.18. The molecule has 84 valence electrons. The third-order valence-corrected chi connectivity index (χ3v) is 3.48. The fourth-order valence-electron chi connectivity index (χ4n) is 1.85. The summed E-state index contributed by atoms with van der Waals surface area (Å²) in [6, 6.07) is 8.78. The Balaban J connectivity index is 2.37. The Bertz CT molecular complexity index is 437. The van der Waals surface area contributed by atoms with E-state index in [0.717, 1.165) is 6.54 Å². The fourth-order valence-corrected chi connectivity index (χ4v) is 2.56. The first kappa shape index (κ1) is 11.3. The summed E-state index contributed by atoms with van der Waals surface area (Å²) in [6.45, 7) is 5.24. The van der Waals surface area contributed by atoms with E-state index < -0.39 is 0 Å². The van der Waals surface area contributed by atoms with Crippen LogP contribution < -0.4 is 5.32 Å². The van der Waals surface area contributed by atoms with Gasteiger partial charge >= 0.3 is 0 Å². The van der Waals surface area contributed by atoms with E-state index in [9.17, 15) is 0 Å². The van der Waals surface area contributed by atoms with Crippen LogP contribution in [0.5, 0.6) is 0 Å². The molecule has 1 unspecified atom stereocenters. The van der Waals surface area contributed by atoms with E-state index in [4.69, 9.17) is 0 Å². The highest BCUT2D eigenvalue weighted by Gasteiger charge is 2.15. The van der Waals surface area contributed by atoms with Crippen LogP contribution in [0.25, 0.3) is 0 Å². The second kappa shape index (κ2) is 5.23. The molecule has 1 aromatic carbocycles. The van der Waals surface area contributed by atoms with Gasteiger partial charge in [-0.25, -0.2) is 0 Å². The minimum Gasteiger partial charge on any atom is -0.306 e. The van der Waals surface area contributed by atoms with E-state index in [-0.39, 0.29) is 6.04 Å². The molecule has 0 amide bonds. The van der Waals surface area contributed by atoms with Crippen LogP contribution in [0.2, 0.25) is 0 Å². The van der Waals surface area contributed by atoms with Gasteiger partial charge in [0.25, 0.3) is 0 Å². The van der Waals surface area contributed by atoms with Crippen LogP contribution in [0.4, 0.5) is 0 Å². The Morgan fingerprint density at radius 2 is 2.19 bits per heavy atom. The first-order valence-corrected chi connectivity index (χ1v) is 6.38. The van der Waals surface area contributed by atoms with E-state index in [0.29, 0.717) is 0 Å². The average molecular weight is 232 g/mol. The van der Waals surface area contributed by atoms with Crippen LogP contribution in [0, 0.1) is 6.92 Å². The van der Waals surface area contributed by atoms with Crippen LogP contribution in [0.3, 0.4) is 0 Å². The normalized spacial score (nSPS) is 12.6. The molecule has 0 saturated heterocycles. The lowest BCUT2D eigenvalue weighted by Crippen LogP contribution is -2.21. The molecule has 2 nitrogen and oxygen atoms in total. The molecule has 3 heteroatoms. The molecule has 1 atom stereocenters. The van der Waals surface area contributed by atoms with Crippen LogP contribution in [-0.4, -0.2) is 11.5 Å². The molecule has 1 N–H and O–H groups in total. The molecule has 0 spiro atoms. The molecular weight excluding hydrogens is 216 g/mol. The number of aryl methyl sites for hydroxylation is 1. The third kappa shape index (κ3) is 2.31. The maximum atomic E-state index is 4.16. The largest absolute Gasteiger partial charge is 0.306 e. The Labute approximate surface area is 100 Å². The number of rotatable bonds is 4. The summed E-state index contributed by atoms with van der Waals surface area (Å²) < 4.78 is 0. The molecule has 0 aliphatic heterocycles. The first-order chi connectivity index (χ1) is 7.83. The van der Waals surface area contributed by atoms with Crippen molar-refractivity contribution in [3.63, 3.8) is 0 Å². The predicted octanol–water partition coefficient (Wildman–Crippen LogP) is 3.15. The maximum Gasteiger partial charge on any atom is 0.0794 e. The van der Waals surface area contributed by atoms with Gasteiger partial charge in [0.2, 0.25) is 0 Å². The van der Waals surface area contributed by atoms with Gasteiger partial charge in [0, 0.05) is 11.1 Å². The minimum atomic E-state index is 0.277. The number of nitrogens with zero attached hydrogens (tertiary/aromatic N) is 1. The molecule has 2 rings (SSSR count). The topological polar surface area (TPSA) is 24.9 Å². The van der Waals surface area contributed by atoms with Crippen molar-refractivity contribution in [2.75, 3.05) is 6.54 Å². The van der Waals surface area contributed by atoms with E-state index in [1.165, 1.54) is 16.0 Å². The summed E-state index contributed by atoms with van der Waals surface area (Å²) in [7, 11) is 0. The van der Waals surface area contributed by atoms with Gasteiger partial charge in [0.15, 0.2) is 0 Å². The summed E-state index contributed by atoms with van der Waals surface area (Å²) in [5, 5.41) is 3.51. The molecule has 0 fully saturated rings. The molecule has 16 heavy (non-hydrogen) atoms. The SMILES string of the molecule is CCNC(c1cncs1)c1ccccc1C. The smallest absolute Gasteiger partial charge is 0.0794 e. The Kier molecular flexibility index (Phi) is 3.70. The molecule has 0 aliphatic carbocycles. The molecule has 1 aromatic heterocycles. The van der Waals surface area contributed by atoms with Crippen molar-refractivity contribution >= 4 is 11.3 Å². The molecule has 2 aromatic rings. The molecule has 1 heterocycles. The fraction of sp³-hybridized carbons (Fsp3) is 0.308. The number of thiazole rings is 1. The number of benzene rings is 1. The first-order valence-electron chi connectivity index (χ1n) is 5.50. The highest BCUT2D eigenvalue weighted by molar-refractivity contribution is 7.09. The van der Waals surface area contributed by atoms with E-state index in [1.807, 2.05) is 11.7 Å². The minimum absolute atomic E-state index is 0.277. The van der Waals surface area contributed by atoms with Crippen molar-refractivity contribution < 1.29 is 0 Å². The van der Waals surface area contributed by atoms with Gasteiger partial charge in [0.05, 0.1) is 11.6 Å². The molecule has 0 bridgehead atoms. The average Bonchev–Trinajstić information content (AvgIpc) is 2.80. The highest BCUT2D eigenvalue weighted by Crippen LogP contribution is 2.26. The van der Waals surface area contributed by atoms with Crippen molar-refractivity contribution in [2.24, 2.45) is 0 Å². The van der Waals surface area contributed by atoms with Gasteiger partial charge in [-0.1, -0.05) is 31.2 Å². The van der Waals surface area contributed by atoms with Crippen molar-refractivity contribution in [3.8, 4) is 0 Å². The lowest BCUT2D eigenvalue weighted by atomic mass is 10.0. The second-order valence-electron chi connectivity index (χ2n) is 3.75. The van der Waals surface area contributed by atoms with Gasteiger partial charge in [-0.15, -0.1) is 11.3 Å². The standard InChI is InChI=1S/C13H16N2S/c1-3-15-13(12-8-14-9-16-12)11-7-5-4-6-10(11)2/h4-9,13,15H,3H2,1-2H3. The zero-order valence-electron chi connectivity index (χ0n) is 9.60. The molecule has 0 radical (unpaired) electrons. The van der Waals surface area contributed by atoms with Crippen LogP contribution in [-0.2, 0) is 0 Å². The maximum absolute atomic E-state index is 4.16. The third-order valence-electron chi connectivity index (χ3n) is 2.64. The monoisotopic (exact) mass is 232 g/mol. The van der Waals surface area contributed by atoms with E-state index >= 15 is 0 Å². The van der Waals surface area contributed by atoms with Gasteiger partial charge in [0.1, 0.15) is 0 Å². The molecule has 0 saturated carbocycles. The van der Waals surface area contributed by atoms with Crippen molar-refractivity contribution in [1.82, 2.24) is 10.3 Å². The van der Waals surface area contributed by atoms with Gasteiger partial charge < -0.3 is 5.32 Å². The van der Waals surface area contributed by atoms with E-state index in [2.05, 4.69) is 48.4 Å². The summed E-state index contributed by atoms with van der Waals surface area (Å²) in [4.78, 5) is 5.43. The second-order valence-corrected chi connectivity index (χ2v) is 4.67. The number of hydrogen-bond donors (Lipinski definition) is 1. The van der Waals surface area contributed by atoms with Crippen LogP contribution >= 0.6 is 11.3 Å². The van der Waals surface area contributed by atoms with Gasteiger partial charge in [-0.05, 0) is 24.6 Å². The van der Waals surface area contributed by atoms with Crippen molar-refractivity contribution in [2.45, 2.75) is 19.9 Å². The van der Waals surface area contributed by atoms with Crippen molar-refractivity contribution in [3.05, 3.63) is 52.0 Å². The zero-order chi connectivity index (χ0) is 11.4. The Hall–Kier alpha value is -1.19. The summed E-state index contributed by atoms with van der Waals surface area (Å²) in [5.74, 6) is 0. The van der Waals surface area contributed by atoms with Crippen LogP contribution in [0.1, 0.15) is 29.0 Å². The zero-order valence-corrected chi connectivity index (χ0v) is 10.4. The van der Waals surface area contributed by atoms with Gasteiger partial charge in [-0.2, -0.15) is 0 Å². The summed E-state index contributed by atoms with van der Waals surface area (Å²) in [6.07, 6.45) is 1.95. The van der Waals surface area contributed by atoms with E-state index in [1.54, 1.807) is 11.3 Å². The van der Waals surface area contributed by atoms with Crippen molar-refractivity contribution in [1.29, 1.82) is 0 Å². The molecule has 0 aliphatic rings. The Morgan fingerprint density at radius 3 is 2.81 bits per heavy atom. The van der Waals surface area contributed by atoms with Gasteiger partial charge in [-0.3, -0.25) is 4.98 Å². The highest BCUT2D eigenvalue weighted by atomic mass is 32.1. The number of hydrogen-bond acceptors (Lipinski definition) is 3. The summed E-state index contributed by atoms with van der Waals surface area (Å²) >= 11 is 1.70. The summed E-state index contributed by atoms with van der Waals surface area (Å²) in [5.41, 5.74) is 4.55.